The van der Waals surface area contributed by atoms with Crippen molar-refractivity contribution >= 4 is 93.6 Å². The van der Waals surface area contributed by atoms with Crippen LogP contribution in [0.1, 0.15) is 17.5 Å². The fraction of sp³-hybridized carbons (Fsp3) is 0.0750. The molecule has 0 aliphatic carbocycles. The number of aromatic nitrogens is 9. The molecule has 9 rings (SSSR count). The van der Waals surface area contributed by atoms with Gasteiger partial charge in [0.25, 0.3) is 0 Å². The summed E-state index contributed by atoms with van der Waals surface area (Å²) < 4.78 is 6.63. The average Bonchev–Trinajstić information content (AvgIpc) is 3.93. The Morgan fingerprint density at radius 1 is 0.600 bits per heavy atom. The molecule has 6 aromatic heterocycles. The minimum absolute atomic E-state index is 0.226. The molecule has 0 radical (unpaired) electrons. The van der Waals surface area contributed by atoms with E-state index in [2.05, 4.69) is 114 Å². The number of fused-ring (bicyclic) bond motifs is 3. The van der Waals surface area contributed by atoms with Crippen LogP contribution in [0.4, 0.5) is 0 Å². The molecule has 9 aromatic rings. The van der Waals surface area contributed by atoms with E-state index >= 15 is 0 Å². The summed E-state index contributed by atoms with van der Waals surface area (Å²) >= 11 is 15.0. The molecule has 0 aliphatic rings. The van der Waals surface area contributed by atoms with Crippen LogP contribution in [0.25, 0.3) is 16.6 Å². The summed E-state index contributed by atoms with van der Waals surface area (Å²) in [7, 11) is -0.226. The Bertz CT molecular complexity index is 2590. The molecule has 1 atom stereocenters. The van der Waals surface area contributed by atoms with Gasteiger partial charge in [0, 0.05) is 14.7 Å². The molecule has 0 bridgehead atoms. The van der Waals surface area contributed by atoms with Crippen LogP contribution in [0.3, 0.4) is 0 Å². The van der Waals surface area contributed by atoms with Crippen molar-refractivity contribution in [2.45, 2.75) is 45.5 Å². The van der Waals surface area contributed by atoms with Gasteiger partial charge >= 0.3 is 33.1 Å². The zero-order valence-electron chi connectivity index (χ0n) is 29.9. The normalized spacial score (nSPS) is 10.9. The summed E-state index contributed by atoms with van der Waals surface area (Å²) in [4.78, 5) is 15.9. The predicted molar refractivity (Wildman–Crippen MR) is 237 cm³/mol. The standard InChI is InChI=1S/C14H13N3S.C13H11N3S.C7H6BrN3.C6H6S.Cu.HI/c1-11-15-10-12-8-9-14(17(12)16-11)18(2)13-6-4-3-5-7-13;1-10-14-9-11-7-8-13(16(11)15-10)17-12-5-3-2-4-6-12;1-5-9-4-6-2-3-7(8)11(6)10-5;7-6-4-2-1-3-5-6;;/h3-10H,2H2,1H3;2-9H,1H3;2-4H,1H3;1-5,7H;;1H/q;;;;+1;/p-1. The summed E-state index contributed by atoms with van der Waals surface area (Å²) in [5.74, 6) is 6.60. The molecule has 0 aliphatic heterocycles. The van der Waals surface area contributed by atoms with Crippen LogP contribution in [0.5, 0.6) is 0 Å². The summed E-state index contributed by atoms with van der Waals surface area (Å²) in [5, 5.41) is 15.3. The van der Waals surface area contributed by atoms with Gasteiger partial charge in [0.2, 0.25) is 0 Å². The van der Waals surface area contributed by atoms with Crippen LogP contribution < -0.4 is 0 Å². The molecule has 0 spiro atoms. The van der Waals surface area contributed by atoms with Gasteiger partial charge < -0.3 is 0 Å². The molecule has 1 unspecified atom stereocenters. The van der Waals surface area contributed by atoms with Crippen molar-refractivity contribution in [3.8, 4) is 0 Å². The zero-order chi connectivity index (χ0) is 39.2. The third kappa shape index (κ3) is 12.1. The summed E-state index contributed by atoms with van der Waals surface area (Å²) in [6.07, 6.45) is 5.48. The second kappa shape index (κ2) is 21.5. The number of hydrogen-bond donors (Lipinski definition) is 1. The monoisotopic (exact) mass is 1010 g/mol. The fourth-order valence-corrected chi connectivity index (χ4v) is 7.68. The number of halogens is 2. The number of rotatable bonds is 4. The molecule has 6 heterocycles. The number of aryl methyl sites for hydroxylation is 3. The Balaban J connectivity index is 0.000000145. The van der Waals surface area contributed by atoms with Crippen molar-refractivity contribution in [2.24, 2.45) is 0 Å². The third-order valence-corrected chi connectivity index (χ3v) is 11.0. The van der Waals surface area contributed by atoms with Gasteiger partial charge in [-0.1, -0.05) is 72.2 Å². The molecule has 0 saturated heterocycles. The number of nitrogens with zero attached hydrogens (tertiary/aromatic N) is 9. The molecule has 284 valence electrons. The first-order valence-electron chi connectivity index (χ1n) is 16.5. The van der Waals surface area contributed by atoms with Gasteiger partial charge in [-0.2, -0.15) is 15.3 Å². The molecular weight excluding hydrogens is 973 g/mol. The van der Waals surface area contributed by atoms with Crippen molar-refractivity contribution in [1.82, 2.24) is 43.8 Å². The van der Waals surface area contributed by atoms with Gasteiger partial charge in [-0.3, -0.25) is 0 Å². The van der Waals surface area contributed by atoms with Crippen LogP contribution in [0, 0.1) is 20.8 Å². The molecule has 0 N–H and O–H groups in total. The van der Waals surface area contributed by atoms with E-state index in [0.29, 0.717) is 0 Å². The Kier molecular flexibility index (Phi) is 16.5. The SMILES string of the molecule is C=S(c1ccccc1)c1ccc2cnc(C)nn12.Cc1ncc2ccc(Br)n2n1.Cc1ncc2ccc(Sc3ccccc3)n2n1.Sc1ccccc1.[Cu][I]. The van der Waals surface area contributed by atoms with Gasteiger partial charge in [0.15, 0.2) is 0 Å². The van der Waals surface area contributed by atoms with E-state index in [1.54, 1.807) is 38.3 Å². The van der Waals surface area contributed by atoms with Gasteiger partial charge in [-0.25, -0.2) is 28.5 Å². The number of hydrogen-bond acceptors (Lipinski definition) is 8. The van der Waals surface area contributed by atoms with Crippen LogP contribution in [-0.4, -0.2) is 49.7 Å². The first kappa shape index (κ1) is 42.3. The molecule has 3 aromatic carbocycles. The minimum atomic E-state index is -0.226. The molecular formula is C40H36BrCuIN9S3. The molecule has 0 amide bonds. The van der Waals surface area contributed by atoms with Crippen molar-refractivity contribution in [2.75, 3.05) is 0 Å². The van der Waals surface area contributed by atoms with E-state index in [1.807, 2.05) is 138 Å². The molecule has 9 nitrogen and oxygen atoms in total. The Labute approximate surface area is 360 Å². The van der Waals surface area contributed by atoms with Crippen molar-refractivity contribution in [3.05, 3.63) is 168 Å². The van der Waals surface area contributed by atoms with E-state index in [1.165, 1.54) is 9.79 Å². The van der Waals surface area contributed by atoms with E-state index in [0.717, 1.165) is 53.6 Å². The molecule has 0 saturated carbocycles. The Morgan fingerprint density at radius 3 is 1.62 bits per heavy atom. The van der Waals surface area contributed by atoms with Gasteiger partial charge in [-0.05, 0) is 109 Å². The van der Waals surface area contributed by atoms with Crippen LogP contribution in [0.15, 0.2) is 175 Å². The topological polar surface area (TPSA) is 90.6 Å². The van der Waals surface area contributed by atoms with Gasteiger partial charge in [0.05, 0.1) is 40.2 Å². The maximum absolute atomic E-state index is 4.45. The average molecular weight is 1010 g/mol. The van der Waals surface area contributed by atoms with Gasteiger partial charge in [-0.15, -0.1) is 23.1 Å². The van der Waals surface area contributed by atoms with Crippen molar-refractivity contribution < 1.29 is 12.8 Å². The van der Waals surface area contributed by atoms with Gasteiger partial charge in [0.1, 0.15) is 27.1 Å². The zero-order valence-corrected chi connectivity index (χ0v) is 37.1. The molecule has 0 fully saturated rings. The Morgan fingerprint density at radius 2 is 1.05 bits per heavy atom. The van der Waals surface area contributed by atoms with E-state index in [4.69, 9.17) is 0 Å². The van der Waals surface area contributed by atoms with E-state index < -0.39 is 0 Å². The second-order valence-electron chi connectivity index (χ2n) is 11.4. The van der Waals surface area contributed by atoms with Crippen molar-refractivity contribution in [3.63, 3.8) is 0 Å². The van der Waals surface area contributed by atoms with Crippen LogP contribution in [0.2, 0.25) is 0 Å². The summed E-state index contributed by atoms with van der Waals surface area (Å²) in [6.45, 7) is 5.66. The molecule has 15 heteroatoms. The molecule has 55 heavy (non-hydrogen) atoms. The van der Waals surface area contributed by atoms with E-state index in [9.17, 15) is 0 Å². The first-order valence-corrected chi connectivity index (χ1v) is 23.0. The summed E-state index contributed by atoms with van der Waals surface area (Å²) in [5.41, 5.74) is 3.03. The fourth-order valence-electron chi connectivity index (χ4n) is 4.88. The number of thiol groups is 1. The quantitative estimate of drug-likeness (QED) is 0.0813. The van der Waals surface area contributed by atoms with Crippen LogP contribution >= 0.6 is 71.1 Å². The van der Waals surface area contributed by atoms with E-state index in [-0.39, 0.29) is 10.5 Å². The Hall–Kier alpha value is -3.83. The maximum atomic E-state index is 4.45. The third-order valence-electron chi connectivity index (χ3n) is 7.43. The predicted octanol–water partition coefficient (Wildman–Crippen LogP) is 11.0. The van der Waals surface area contributed by atoms with Crippen molar-refractivity contribution in [1.29, 1.82) is 0 Å². The number of benzene rings is 3. The second-order valence-corrected chi connectivity index (χ2v) is 15.5. The first-order chi connectivity index (χ1) is 26.7. The summed E-state index contributed by atoms with van der Waals surface area (Å²) in [6, 6.07) is 42.5. The van der Waals surface area contributed by atoms with Crippen LogP contribution in [-0.2, 0) is 12.8 Å².